The fourth-order valence-electron chi connectivity index (χ4n) is 4.21. The zero-order chi connectivity index (χ0) is 14.8. The highest BCUT2D eigenvalue weighted by Gasteiger charge is 2.33. The van der Waals surface area contributed by atoms with Gasteiger partial charge in [0, 0.05) is 18.6 Å². The van der Waals surface area contributed by atoms with Gasteiger partial charge in [0.05, 0.1) is 10.7 Å². The third-order valence-corrected chi connectivity index (χ3v) is 5.43. The smallest absolute Gasteiger partial charge is 0.0642 e. The lowest BCUT2D eigenvalue weighted by Gasteiger charge is -2.45. The molecule has 0 amide bonds. The van der Waals surface area contributed by atoms with Crippen LogP contribution in [0.15, 0.2) is 18.2 Å². The van der Waals surface area contributed by atoms with E-state index in [-0.39, 0.29) is 6.04 Å². The maximum Gasteiger partial charge on any atom is 0.0642 e. The van der Waals surface area contributed by atoms with E-state index < -0.39 is 0 Å². The lowest BCUT2D eigenvalue weighted by atomic mass is 9.78. The van der Waals surface area contributed by atoms with Crippen molar-refractivity contribution in [2.45, 2.75) is 64.0 Å². The number of fused-ring (bicyclic) bond motifs is 1. The Morgan fingerprint density at radius 2 is 2.00 bits per heavy atom. The highest BCUT2D eigenvalue weighted by molar-refractivity contribution is 6.33. The molecule has 1 saturated heterocycles. The molecule has 2 nitrogen and oxygen atoms in total. The van der Waals surface area contributed by atoms with Gasteiger partial charge in [-0.15, -0.1) is 0 Å². The van der Waals surface area contributed by atoms with Crippen molar-refractivity contribution in [3.8, 4) is 0 Å². The molecule has 2 N–H and O–H groups in total. The zero-order valence-corrected chi connectivity index (χ0v) is 13.8. The maximum atomic E-state index is 6.59. The summed E-state index contributed by atoms with van der Waals surface area (Å²) in [7, 11) is 0. The van der Waals surface area contributed by atoms with Gasteiger partial charge in [-0.3, -0.25) is 0 Å². The standard InChI is InChI=1S/C18H27ClN2/c1-13(20)11-14-8-9-18(16(19)12-14)21-10-4-6-15-5-2-3-7-17(15)21/h8-9,12-13,15,17H,2-7,10-11,20H2,1H3. The SMILES string of the molecule is CC(N)Cc1ccc(N2CCCC3CCCCC32)c(Cl)c1. The molecule has 2 fully saturated rings. The average Bonchev–Trinajstić information content (AvgIpc) is 2.46. The Morgan fingerprint density at radius 1 is 1.24 bits per heavy atom. The summed E-state index contributed by atoms with van der Waals surface area (Å²) in [5, 5.41) is 0.902. The minimum absolute atomic E-state index is 0.185. The Hall–Kier alpha value is -0.730. The van der Waals surface area contributed by atoms with Gasteiger partial charge in [0.25, 0.3) is 0 Å². The van der Waals surface area contributed by atoms with Gasteiger partial charge >= 0.3 is 0 Å². The summed E-state index contributed by atoms with van der Waals surface area (Å²) in [5.74, 6) is 0.882. The van der Waals surface area contributed by atoms with Crippen molar-refractivity contribution in [1.82, 2.24) is 0 Å². The van der Waals surface area contributed by atoms with E-state index in [1.54, 1.807) is 0 Å². The summed E-state index contributed by atoms with van der Waals surface area (Å²) in [6.45, 7) is 3.20. The molecular weight excluding hydrogens is 280 g/mol. The topological polar surface area (TPSA) is 29.3 Å². The molecule has 1 aliphatic heterocycles. The quantitative estimate of drug-likeness (QED) is 0.897. The molecule has 0 bridgehead atoms. The largest absolute Gasteiger partial charge is 0.367 e. The second kappa shape index (κ2) is 6.58. The van der Waals surface area contributed by atoms with E-state index in [4.69, 9.17) is 17.3 Å². The number of nitrogens with zero attached hydrogens (tertiary/aromatic N) is 1. The lowest BCUT2D eigenvalue weighted by Crippen LogP contribution is -2.47. The number of benzene rings is 1. The molecule has 3 unspecified atom stereocenters. The van der Waals surface area contributed by atoms with Crippen molar-refractivity contribution in [1.29, 1.82) is 0 Å². The summed E-state index contributed by atoms with van der Waals surface area (Å²) < 4.78 is 0. The van der Waals surface area contributed by atoms with Crippen LogP contribution in [0.5, 0.6) is 0 Å². The van der Waals surface area contributed by atoms with E-state index in [1.807, 2.05) is 6.92 Å². The van der Waals surface area contributed by atoms with Crippen molar-refractivity contribution in [2.75, 3.05) is 11.4 Å². The monoisotopic (exact) mass is 306 g/mol. The normalized spacial score (nSPS) is 27.3. The van der Waals surface area contributed by atoms with Crippen molar-refractivity contribution < 1.29 is 0 Å². The van der Waals surface area contributed by atoms with E-state index >= 15 is 0 Å². The molecule has 3 heteroatoms. The first kappa shape index (κ1) is 15.2. The molecule has 1 saturated carbocycles. The molecule has 3 rings (SSSR count). The molecule has 0 radical (unpaired) electrons. The minimum Gasteiger partial charge on any atom is -0.367 e. The number of rotatable bonds is 3. The summed E-state index contributed by atoms with van der Waals surface area (Å²) in [4.78, 5) is 2.59. The Morgan fingerprint density at radius 3 is 2.76 bits per heavy atom. The van der Waals surface area contributed by atoms with E-state index in [0.29, 0.717) is 6.04 Å². The lowest BCUT2D eigenvalue weighted by molar-refractivity contribution is 0.244. The third-order valence-electron chi connectivity index (χ3n) is 5.12. The first-order chi connectivity index (χ1) is 10.1. The highest BCUT2D eigenvalue weighted by Crippen LogP contribution is 2.40. The van der Waals surface area contributed by atoms with Gasteiger partial charge in [-0.25, -0.2) is 0 Å². The van der Waals surface area contributed by atoms with Gasteiger partial charge in [-0.05, 0) is 62.6 Å². The maximum absolute atomic E-state index is 6.59. The molecule has 0 aromatic heterocycles. The molecular formula is C18H27ClN2. The van der Waals surface area contributed by atoms with Crippen molar-refractivity contribution >= 4 is 17.3 Å². The van der Waals surface area contributed by atoms with Crippen LogP contribution in [0, 0.1) is 5.92 Å². The molecule has 1 aromatic rings. The van der Waals surface area contributed by atoms with Crippen molar-refractivity contribution in [3.05, 3.63) is 28.8 Å². The van der Waals surface area contributed by atoms with Crippen molar-refractivity contribution in [3.63, 3.8) is 0 Å². The number of hydrogen-bond acceptors (Lipinski definition) is 2. The van der Waals surface area contributed by atoms with Crippen molar-refractivity contribution in [2.24, 2.45) is 11.7 Å². The highest BCUT2D eigenvalue weighted by atomic mass is 35.5. The molecule has 2 aliphatic rings. The Labute approximate surface area is 133 Å². The van der Waals surface area contributed by atoms with E-state index in [1.165, 1.54) is 49.8 Å². The van der Waals surface area contributed by atoms with Gasteiger partial charge in [0.2, 0.25) is 0 Å². The van der Waals surface area contributed by atoms with E-state index in [2.05, 4.69) is 23.1 Å². The summed E-state index contributed by atoms with van der Waals surface area (Å²) in [6, 6.07) is 7.44. The second-order valence-corrected chi connectivity index (χ2v) is 7.32. The molecule has 116 valence electrons. The van der Waals surface area contributed by atoms with E-state index in [0.717, 1.165) is 23.9 Å². The van der Waals surface area contributed by atoms with Gasteiger partial charge in [-0.1, -0.05) is 30.5 Å². The molecule has 1 aromatic carbocycles. The summed E-state index contributed by atoms with van der Waals surface area (Å²) >= 11 is 6.59. The van der Waals surface area contributed by atoms with Gasteiger partial charge < -0.3 is 10.6 Å². The van der Waals surface area contributed by atoms with Crippen LogP contribution in [0.2, 0.25) is 5.02 Å². The fourth-order valence-corrected chi connectivity index (χ4v) is 4.52. The number of piperidine rings is 1. The summed E-state index contributed by atoms with van der Waals surface area (Å²) in [6.07, 6.45) is 9.13. The van der Waals surface area contributed by atoms with Crippen LogP contribution < -0.4 is 10.6 Å². The predicted octanol–water partition coefficient (Wildman–Crippen LogP) is 4.39. The first-order valence-electron chi connectivity index (χ1n) is 8.46. The second-order valence-electron chi connectivity index (χ2n) is 6.91. The van der Waals surface area contributed by atoms with Crippen LogP contribution in [0.25, 0.3) is 0 Å². The third kappa shape index (κ3) is 3.37. The predicted molar refractivity (Wildman–Crippen MR) is 91.1 cm³/mol. The van der Waals surface area contributed by atoms with Crippen LogP contribution in [0.1, 0.15) is 51.0 Å². The number of hydrogen-bond donors (Lipinski definition) is 1. The van der Waals surface area contributed by atoms with Gasteiger partial charge in [-0.2, -0.15) is 0 Å². The Bertz CT molecular complexity index is 484. The molecule has 21 heavy (non-hydrogen) atoms. The number of nitrogens with two attached hydrogens (primary N) is 1. The molecule has 0 spiro atoms. The number of halogens is 1. The average molecular weight is 307 g/mol. The van der Waals surface area contributed by atoms with Crippen LogP contribution in [-0.4, -0.2) is 18.6 Å². The zero-order valence-electron chi connectivity index (χ0n) is 13.0. The van der Waals surface area contributed by atoms with Crippen LogP contribution in [0.4, 0.5) is 5.69 Å². The molecule has 1 heterocycles. The first-order valence-corrected chi connectivity index (χ1v) is 8.83. The Kier molecular flexibility index (Phi) is 4.75. The van der Waals surface area contributed by atoms with Crippen LogP contribution in [0.3, 0.4) is 0 Å². The number of anilines is 1. The fraction of sp³-hybridized carbons (Fsp3) is 0.667. The van der Waals surface area contributed by atoms with Gasteiger partial charge in [0.1, 0.15) is 0 Å². The van der Waals surface area contributed by atoms with E-state index in [9.17, 15) is 0 Å². The van der Waals surface area contributed by atoms with Crippen LogP contribution >= 0.6 is 11.6 Å². The minimum atomic E-state index is 0.185. The molecule has 3 atom stereocenters. The molecule has 1 aliphatic carbocycles. The summed E-state index contributed by atoms with van der Waals surface area (Å²) in [5.41, 5.74) is 8.37. The van der Waals surface area contributed by atoms with Gasteiger partial charge in [0.15, 0.2) is 0 Å². The van der Waals surface area contributed by atoms with Crippen LogP contribution in [-0.2, 0) is 6.42 Å². The Balaban J connectivity index is 1.81.